The van der Waals surface area contributed by atoms with E-state index in [4.69, 9.17) is 4.74 Å². The Hall–Kier alpha value is -3.19. The number of ketones is 1. The summed E-state index contributed by atoms with van der Waals surface area (Å²) in [6.07, 6.45) is -0.309. The number of carbonyl (C=O) groups is 2. The summed E-state index contributed by atoms with van der Waals surface area (Å²) in [7, 11) is -3.59. The third kappa shape index (κ3) is 5.73. The topological polar surface area (TPSA) is 82.4 Å². The number of aromatic nitrogens is 1. The van der Waals surface area contributed by atoms with Gasteiger partial charge >= 0.3 is 5.97 Å². The highest BCUT2D eigenvalue weighted by molar-refractivity contribution is 7.91. The number of Topliss-reactive ketones (excluding diaryl/α,β-unsaturated/α-hetero) is 1. The van der Waals surface area contributed by atoms with E-state index in [-0.39, 0.29) is 22.9 Å². The molecule has 0 atom stereocenters. The van der Waals surface area contributed by atoms with E-state index in [0.717, 1.165) is 22.5 Å². The lowest BCUT2D eigenvalue weighted by Crippen LogP contribution is -2.18. The predicted molar refractivity (Wildman–Crippen MR) is 123 cm³/mol. The van der Waals surface area contributed by atoms with E-state index in [9.17, 15) is 18.0 Å². The van der Waals surface area contributed by atoms with Gasteiger partial charge in [0.25, 0.3) is 0 Å². The molecule has 0 aliphatic heterocycles. The highest BCUT2D eigenvalue weighted by Gasteiger charge is 2.20. The largest absolute Gasteiger partial charge is 0.457 e. The monoisotopic (exact) mass is 453 g/mol. The van der Waals surface area contributed by atoms with Gasteiger partial charge in [0.2, 0.25) is 5.78 Å². The molecule has 2 aromatic carbocycles. The molecule has 0 amide bonds. The minimum absolute atomic E-state index is 0.165. The molecule has 0 spiro atoms. The standard InChI is InChI=1S/C25H27NO5S/c1-18-9-11-22(12-10-18)32(29,30)14-13-25(28)31-17-24(27)23-15-19(2)26(20(23)3)16-21-7-5-4-6-8-21/h4-12,15H,13-14,16-17H2,1-3H3. The fourth-order valence-electron chi connectivity index (χ4n) is 3.47. The zero-order valence-electron chi connectivity index (χ0n) is 18.5. The van der Waals surface area contributed by atoms with Crippen LogP contribution in [0.3, 0.4) is 0 Å². The van der Waals surface area contributed by atoms with Crippen LogP contribution in [0.25, 0.3) is 0 Å². The van der Waals surface area contributed by atoms with Crippen LogP contribution in [-0.4, -0.2) is 37.1 Å². The van der Waals surface area contributed by atoms with Crippen molar-refractivity contribution in [3.8, 4) is 0 Å². The molecule has 7 heteroatoms. The first-order chi connectivity index (χ1) is 15.2. The van der Waals surface area contributed by atoms with Crippen LogP contribution in [0.1, 0.15) is 39.3 Å². The molecular formula is C25H27NO5S. The van der Waals surface area contributed by atoms with Gasteiger partial charge in [0.1, 0.15) is 0 Å². The zero-order valence-corrected chi connectivity index (χ0v) is 19.3. The molecule has 0 aliphatic carbocycles. The minimum Gasteiger partial charge on any atom is -0.457 e. The van der Waals surface area contributed by atoms with Crippen LogP contribution in [0.15, 0.2) is 65.6 Å². The van der Waals surface area contributed by atoms with Crippen LogP contribution in [-0.2, 0) is 25.9 Å². The van der Waals surface area contributed by atoms with Crippen molar-refractivity contribution in [1.82, 2.24) is 4.57 Å². The van der Waals surface area contributed by atoms with Crippen molar-refractivity contribution in [2.45, 2.75) is 38.6 Å². The number of ether oxygens (including phenoxy) is 1. The zero-order chi connectivity index (χ0) is 23.3. The Morgan fingerprint density at radius 3 is 2.25 bits per heavy atom. The Kier molecular flexibility index (Phi) is 7.30. The number of hydrogen-bond acceptors (Lipinski definition) is 5. The van der Waals surface area contributed by atoms with E-state index in [2.05, 4.69) is 0 Å². The van der Waals surface area contributed by atoms with Gasteiger partial charge in [-0.2, -0.15) is 0 Å². The predicted octanol–water partition coefficient (Wildman–Crippen LogP) is 4.05. The molecule has 0 aliphatic rings. The summed E-state index contributed by atoms with van der Waals surface area (Å²) in [5, 5.41) is 0. The van der Waals surface area contributed by atoms with Crippen molar-refractivity contribution in [3.05, 3.63) is 88.7 Å². The van der Waals surface area contributed by atoms with E-state index < -0.39 is 22.4 Å². The van der Waals surface area contributed by atoms with Gasteiger partial charge in [-0.3, -0.25) is 9.59 Å². The number of esters is 1. The van der Waals surface area contributed by atoms with Gasteiger partial charge in [-0.1, -0.05) is 48.0 Å². The number of sulfone groups is 1. The summed E-state index contributed by atoms with van der Waals surface area (Å²) in [4.78, 5) is 24.9. The van der Waals surface area contributed by atoms with Gasteiger partial charge in [-0.25, -0.2) is 8.42 Å². The summed E-state index contributed by atoms with van der Waals surface area (Å²) >= 11 is 0. The van der Waals surface area contributed by atoms with E-state index >= 15 is 0 Å². The molecule has 0 saturated carbocycles. The van der Waals surface area contributed by atoms with Crippen LogP contribution in [0.5, 0.6) is 0 Å². The van der Waals surface area contributed by atoms with E-state index in [0.29, 0.717) is 12.1 Å². The molecule has 3 rings (SSSR count). The van der Waals surface area contributed by atoms with Crippen molar-refractivity contribution in [3.63, 3.8) is 0 Å². The fraction of sp³-hybridized carbons (Fsp3) is 0.280. The van der Waals surface area contributed by atoms with Crippen LogP contribution in [0.4, 0.5) is 0 Å². The van der Waals surface area contributed by atoms with Crippen LogP contribution in [0.2, 0.25) is 0 Å². The van der Waals surface area contributed by atoms with Crippen LogP contribution in [0, 0.1) is 20.8 Å². The van der Waals surface area contributed by atoms with Gasteiger partial charge in [-0.15, -0.1) is 0 Å². The van der Waals surface area contributed by atoms with Crippen molar-refractivity contribution >= 4 is 21.6 Å². The van der Waals surface area contributed by atoms with Gasteiger partial charge in [0, 0.05) is 23.5 Å². The second-order valence-electron chi connectivity index (χ2n) is 7.82. The van der Waals surface area contributed by atoms with Crippen molar-refractivity contribution in [1.29, 1.82) is 0 Å². The molecule has 0 unspecified atom stereocenters. The maximum absolute atomic E-state index is 12.6. The number of nitrogens with zero attached hydrogens (tertiary/aromatic N) is 1. The first-order valence-electron chi connectivity index (χ1n) is 10.4. The number of rotatable bonds is 9. The smallest absolute Gasteiger partial charge is 0.307 e. The average molecular weight is 454 g/mol. The lowest BCUT2D eigenvalue weighted by atomic mass is 10.1. The lowest BCUT2D eigenvalue weighted by Gasteiger charge is -2.10. The van der Waals surface area contributed by atoms with Gasteiger partial charge in [0.05, 0.1) is 17.1 Å². The summed E-state index contributed by atoms with van der Waals surface area (Å²) in [5.41, 5.74) is 4.30. The van der Waals surface area contributed by atoms with Gasteiger partial charge in [-0.05, 0) is 44.5 Å². The van der Waals surface area contributed by atoms with Crippen molar-refractivity contribution in [2.75, 3.05) is 12.4 Å². The van der Waals surface area contributed by atoms with Crippen molar-refractivity contribution in [2.24, 2.45) is 0 Å². The van der Waals surface area contributed by atoms with E-state index in [1.807, 2.05) is 55.7 Å². The molecule has 6 nitrogen and oxygen atoms in total. The van der Waals surface area contributed by atoms with Crippen molar-refractivity contribution < 1.29 is 22.7 Å². The maximum atomic E-state index is 12.6. The molecule has 0 bridgehead atoms. The minimum atomic E-state index is -3.59. The Bertz CT molecular complexity index is 1210. The first-order valence-corrected chi connectivity index (χ1v) is 12.0. The Balaban J connectivity index is 1.57. The summed E-state index contributed by atoms with van der Waals surface area (Å²) in [6, 6.07) is 18.2. The molecule has 32 heavy (non-hydrogen) atoms. The Labute approximate surface area is 188 Å². The molecule has 0 N–H and O–H groups in total. The lowest BCUT2D eigenvalue weighted by molar-refractivity contribution is -0.142. The molecule has 168 valence electrons. The summed E-state index contributed by atoms with van der Waals surface area (Å²) in [6.45, 7) is 5.87. The Morgan fingerprint density at radius 1 is 0.938 bits per heavy atom. The summed E-state index contributed by atoms with van der Waals surface area (Å²) < 4.78 is 31.8. The second-order valence-corrected chi connectivity index (χ2v) is 9.93. The molecule has 3 aromatic rings. The number of aryl methyl sites for hydroxylation is 2. The number of benzene rings is 2. The summed E-state index contributed by atoms with van der Waals surface area (Å²) in [5.74, 6) is -1.39. The van der Waals surface area contributed by atoms with Gasteiger partial charge < -0.3 is 9.30 Å². The Morgan fingerprint density at radius 2 is 1.59 bits per heavy atom. The van der Waals surface area contributed by atoms with Crippen LogP contribution >= 0.6 is 0 Å². The molecule has 1 heterocycles. The van der Waals surface area contributed by atoms with E-state index in [1.54, 1.807) is 18.2 Å². The number of carbonyl (C=O) groups excluding carboxylic acids is 2. The molecule has 0 radical (unpaired) electrons. The van der Waals surface area contributed by atoms with E-state index in [1.165, 1.54) is 12.1 Å². The van der Waals surface area contributed by atoms with Crippen LogP contribution < -0.4 is 0 Å². The average Bonchev–Trinajstić information content (AvgIpc) is 3.05. The molecule has 0 saturated heterocycles. The highest BCUT2D eigenvalue weighted by atomic mass is 32.2. The highest BCUT2D eigenvalue weighted by Crippen LogP contribution is 2.18. The third-order valence-corrected chi connectivity index (χ3v) is 7.11. The third-order valence-electron chi connectivity index (χ3n) is 5.38. The SMILES string of the molecule is Cc1ccc(S(=O)(=O)CCC(=O)OCC(=O)c2cc(C)n(Cc3ccccc3)c2C)cc1. The second kappa shape index (κ2) is 9.96. The quantitative estimate of drug-likeness (QED) is 0.361. The normalized spacial score (nSPS) is 11.3. The number of hydrogen-bond donors (Lipinski definition) is 0. The molecule has 1 aromatic heterocycles. The fourth-order valence-corrected chi connectivity index (χ4v) is 4.69. The maximum Gasteiger partial charge on any atom is 0.307 e. The molecular weight excluding hydrogens is 426 g/mol. The molecule has 0 fully saturated rings. The van der Waals surface area contributed by atoms with Gasteiger partial charge in [0.15, 0.2) is 16.4 Å². The first kappa shape index (κ1) is 23.5.